The Morgan fingerprint density at radius 1 is 1.29 bits per heavy atom. The molecule has 0 aliphatic heterocycles. The van der Waals surface area contributed by atoms with E-state index in [0.717, 1.165) is 0 Å². The van der Waals surface area contributed by atoms with Crippen LogP contribution in [0.5, 0.6) is 0 Å². The summed E-state index contributed by atoms with van der Waals surface area (Å²) in [5.41, 5.74) is 1.83. The zero-order valence-electron chi connectivity index (χ0n) is 12.7. The highest BCUT2D eigenvalue weighted by atomic mass is 31.2. The van der Waals surface area contributed by atoms with Gasteiger partial charge in [-0.3, -0.25) is 13.9 Å². The molecule has 0 spiro atoms. The first-order valence-corrected chi connectivity index (χ1v) is 8.87. The Labute approximate surface area is 135 Å². The van der Waals surface area contributed by atoms with E-state index in [0.29, 0.717) is 31.5 Å². The summed E-state index contributed by atoms with van der Waals surface area (Å²) < 4.78 is 38.4. The molecule has 9 nitrogen and oxygen atoms in total. The van der Waals surface area contributed by atoms with E-state index in [9.17, 15) is 18.1 Å². The Morgan fingerprint density at radius 2 is 1.96 bits per heavy atom. The van der Waals surface area contributed by atoms with Crippen molar-refractivity contribution in [3.05, 3.63) is 16.7 Å². The SMILES string of the molecule is Nc1nc(=O)c2[nH]cnc2n1CCCCCCC(F)(F)P(=O)(O)O. The van der Waals surface area contributed by atoms with Crippen molar-refractivity contribution in [2.75, 3.05) is 5.73 Å². The van der Waals surface area contributed by atoms with E-state index in [1.165, 1.54) is 6.33 Å². The summed E-state index contributed by atoms with van der Waals surface area (Å²) in [6.45, 7) is 0.398. The monoisotopic (exact) mass is 365 g/mol. The smallest absolute Gasteiger partial charge is 0.369 e. The van der Waals surface area contributed by atoms with Gasteiger partial charge >= 0.3 is 18.8 Å². The number of fused-ring (bicyclic) bond motifs is 1. The van der Waals surface area contributed by atoms with Crippen molar-refractivity contribution in [2.24, 2.45) is 0 Å². The second-order valence-corrected chi connectivity index (χ2v) is 7.14. The summed E-state index contributed by atoms with van der Waals surface area (Å²) in [5, 5.41) is 0. The highest BCUT2D eigenvalue weighted by Gasteiger charge is 2.47. The fourth-order valence-electron chi connectivity index (χ4n) is 2.31. The van der Waals surface area contributed by atoms with Crippen LogP contribution in [-0.4, -0.2) is 35.0 Å². The van der Waals surface area contributed by atoms with E-state index < -0.39 is 25.2 Å². The van der Waals surface area contributed by atoms with Crippen molar-refractivity contribution in [1.29, 1.82) is 0 Å². The number of aromatic nitrogens is 4. The number of alkyl halides is 2. The molecule has 0 unspecified atom stereocenters. The molecular formula is C12H18F2N5O4P. The van der Waals surface area contributed by atoms with E-state index in [2.05, 4.69) is 15.0 Å². The van der Waals surface area contributed by atoms with Crippen LogP contribution in [0.1, 0.15) is 32.1 Å². The summed E-state index contributed by atoms with van der Waals surface area (Å²) in [6.07, 6.45) is 1.99. The van der Waals surface area contributed by atoms with Gasteiger partial charge in [0.25, 0.3) is 0 Å². The van der Waals surface area contributed by atoms with Gasteiger partial charge in [0.15, 0.2) is 11.2 Å². The van der Waals surface area contributed by atoms with Gasteiger partial charge in [0.2, 0.25) is 5.95 Å². The number of nitrogens with one attached hydrogen (secondary N) is 1. The lowest BCUT2D eigenvalue weighted by molar-refractivity contribution is 0.0476. The van der Waals surface area contributed by atoms with Gasteiger partial charge in [-0.25, -0.2) is 4.98 Å². The molecule has 2 aromatic heterocycles. The summed E-state index contributed by atoms with van der Waals surface area (Å²) in [4.78, 5) is 39.0. The molecule has 0 amide bonds. The van der Waals surface area contributed by atoms with E-state index in [-0.39, 0.29) is 17.9 Å². The second kappa shape index (κ2) is 6.96. The topological polar surface area (TPSA) is 147 Å². The predicted molar refractivity (Wildman–Crippen MR) is 82.6 cm³/mol. The number of nitrogen functional groups attached to an aromatic ring is 1. The molecule has 2 heterocycles. The zero-order valence-corrected chi connectivity index (χ0v) is 13.5. The van der Waals surface area contributed by atoms with E-state index in [1.54, 1.807) is 4.57 Å². The fraction of sp³-hybridized carbons (Fsp3) is 0.583. The van der Waals surface area contributed by atoms with Crippen LogP contribution in [0.15, 0.2) is 11.1 Å². The van der Waals surface area contributed by atoms with Crippen LogP contribution in [-0.2, 0) is 11.1 Å². The Hall–Kier alpha value is -1.84. The largest absolute Gasteiger partial charge is 0.394 e. The van der Waals surface area contributed by atoms with Gasteiger partial charge in [-0.1, -0.05) is 12.8 Å². The molecule has 134 valence electrons. The Morgan fingerprint density at radius 3 is 2.62 bits per heavy atom. The number of nitrogens with two attached hydrogens (primary N) is 1. The van der Waals surface area contributed by atoms with Crippen molar-refractivity contribution in [1.82, 2.24) is 19.5 Å². The molecule has 0 aliphatic carbocycles. The molecule has 0 atom stereocenters. The van der Waals surface area contributed by atoms with Crippen LogP contribution < -0.4 is 11.3 Å². The summed E-state index contributed by atoms with van der Waals surface area (Å²) in [5.74, 6) is 0.0210. The quantitative estimate of drug-likeness (QED) is 0.408. The van der Waals surface area contributed by atoms with Gasteiger partial charge in [-0.2, -0.15) is 13.8 Å². The van der Waals surface area contributed by atoms with Crippen molar-refractivity contribution in [3.8, 4) is 0 Å². The number of aryl methyl sites for hydroxylation is 1. The van der Waals surface area contributed by atoms with Gasteiger partial charge in [0, 0.05) is 13.0 Å². The lowest BCUT2D eigenvalue weighted by Gasteiger charge is -2.17. The zero-order chi connectivity index (χ0) is 18.0. The molecule has 0 saturated heterocycles. The average Bonchev–Trinajstić information content (AvgIpc) is 2.94. The third-order valence-corrected chi connectivity index (χ3v) is 4.69. The summed E-state index contributed by atoms with van der Waals surface area (Å²) in [7, 11) is -5.41. The molecule has 0 aliphatic rings. The molecule has 0 bridgehead atoms. The number of hydrogen-bond donors (Lipinski definition) is 4. The summed E-state index contributed by atoms with van der Waals surface area (Å²) in [6, 6.07) is 0. The van der Waals surface area contributed by atoms with Crippen LogP contribution in [0.25, 0.3) is 11.2 Å². The highest BCUT2D eigenvalue weighted by molar-refractivity contribution is 7.53. The number of imidazole rings is 1. The maximum absolute atomic E-state index is 13.1. The Kier molecular flexibility index (Phi) is 5.36. The number of H-pyrrole nitrogens is 1. The lowest BCUT2D eigenvalue weighted by Crippen LogP contribution is -2.18. The Bertz CT molecular complexity index is 815. The molecule has 0 fully saturated rings. The molecule has 5 N–H and O–H groups in total. The fourth-order valence-corrected chi connectivity index (χ4v) is 2.75. The number of rotatable bonds is 8. The van der Waals surface area contributed by atoms with E-state index in [1.807, 2.05) is 0 Å². The minimum atomic E-state index is -5.41. The molecular weight excluding hydrogens is 347 g/mol. The van der Waals surface area contributed by atoms with Crippen molar-refractivity contribution >= 4 is 24.7 Å². The first kappa shape index (κ1) is 18.5. The van der Waals surface area contributed by atoms with Crippen LogP contribution in [0.4, 0.5) is 14.7 Å². The normalized spacial score (nSPS) is 12.8. The minimum absolute atomic E-state index is 0.00613. The van der Waals surface area contributed by atoms with Gasteiger partial charge in [-0.05, 0) is 12.8 Å². The molecule has 2 aromatic rings. The summed E-state index contributed by atoms with van der Waals surface area (Å²) >= 11 is 0. The van der Waals surface area contributed by atoms with Gasteiger partial charge in [-0.15, -0.1) is 0 Å². The Balaban J connectivity index is 1.85. The molecule has 0 aromatic carbocycles. The van der Waals surface area contributed by atoms with Gasteiger partial charge in [0.1, 0.15) is 0 Å². The number of aromatic amines is 1. The van der Waals surface area contributed by atoms with Crippen molar-refractivity contribution in [3.63, 3.8) is 0 Å². The maximum atomic E-state index is 13.1. The van der Waals surface area contributed by atoms with Crippen LogP contribution in [0.3, 0.4) is 0 Å². The third-order valence-electron chi connectivity index (χ3n) is 3.62. The molecule has 0 radical (unpaired) electrons. The second-order valence-electron chi connectivity index (χ2n) is 5.40. The van der Waals surface area contributed by atoms with E-state index in [4.69, 9.17) is 15.5 Å². The molecule has 0 saturated carbocycles. The van der Waals surface area contributed by atoms with Crippen LogP contribution in [0, 0.1) is 0 Å². The maximum Gasteiger partial charge on any atom is 0.394 e. The first-order valence-electron chi connectivity index (χ1n) is 7.26. The standard InChI is InChI=1S/C12H18F2N5O4P/c13-12(14,24(21,22)23)5-3-1-2-4-6-19-9-8(16-7-17-9)10(20)18-11(19)15/h7H,1-6H2,(H,16,17)(H2,15,18,20)(H2,21,22,23). The number of nitrogens with zero attached hydrogens (tertiary/aromatic N) is 3. The van der Waals surface area contributed by atoms with Crippen molar-refractivity contribution < 1.29 is 23.1 Å². The average molecular weight is 365 g/mol. The molecule has 2 rings (SSSR count). The number of hydrogen-bond acceptors (Lipinski definition) is 5. The molecule has 12 heteroatoms. The lowest BCUT2D eigenvalue weighted by atomic mass is 10.1. The van der Waals surface area contributed by atoms with E-state index >= 15 is 0 Å². The number of anilines is 1. The highest BCUT2D eigenvalue weighted by Crippen LogP contribution is 2.55. The van der Waals surface area contributed by atoms with Crippen LogP contribution >= 0.6 is 7.60 Å². The van der Waals surface area contributed by atoms with Gasteiger partial charge < -0.3 is 20.5 Å². The number of unbranched alkanes of at least 4 members (excludes halogenated alkanes) is 3. The van der Waals surface area contributed by atoms with Gasteiger partial charge in [0.05, 0.1) is 6.33 Å². The third kappa shape index (κ3) is 3.97. The number of halogens is 2. The predicted octanol–water partition coefficient (Wildman–Crippen LogP) is 1.42. The minimum Gasteiger partial charge on any atom is -0.369 e. The van der Waals surface area contributed by atoms with Crippen LogP contribution in [0.2, 0.25) is 0 Å². The first-order chi connectivity index (χ1) is 11.1. The van der Waals surface area contributed by atoms with Crippen molar-refractivity contribution in [2.45, 2.75) is 44.3 Å². The molecule has 24 heavy (non-hydrogen) atoms.